The van der Waals surface area contributed by atoms with Crippen LogP contribution in [-0.4, -0.2) is 30.0 Å². The van der Waals surface area contributed by atoms with Gasteiger partial charge in [-0.05, 0) is 31.8 Å². The summed E-state index contributed by atoms with van der Waals surface area (Å²) in [6.45, 7) is 10.1. The monoisotopic (exact) mass is 212 g/mol. The van der Waals surface area contributed by atoms with Crippen LogP contribution in [0.1, 0.15) is 20.8 Å². The average Bonchev–Trinajstić information content (AvgIpc) is 2.22. The third-order valence-corrected chi connectivity index (χ3v) is 2.14. The van der Waals surface area contributed by atoms with E-state index in [-0.39, 0.29) is 5.48 Å². The van der Waals surface area contributed by atoms with Crippen LogP contribution in [0.5, 0.6) is 0 Å². The fourth-order valence-corrected chi connectivity index (χ4v) is 1.12. The van der Waals surface area contributed by atoms with E-state index < -0.39 is 0 Å². The molecule has 88 valence electrons. The minimum Gasteiger partial charge on any atom is -0.412 e. The van der Waals surface area contributed by atoms with E-state index in [0.717, 1.165) is 5.69 Å². The number of anilines is 1. The number of hydrogen-bond donors (Lipinski definition) is 1. The second-order valence-electron chi connectivity index (χ2n) is 3.03. The van der Waals surface area contributed by atoms with Gasteiger partial charge in [0.15, 0.2) is 0 Å². The summed E-state index contributed by atoms with van der Waals surface area (Å²) in [5, 5.41) is 0. The number of hydrogen-bond acceptors (Lipinski definition) is 2. The molecular formula is C12H24N2O. The second-order valence-corrected chi connectivity index (χ2v) is 3.03. The summed E-state index contributed by atoms with van der Waals surface area (Å²) in [5.41, 5.74) is 6.18. The topological polar surface area (TPSA) is 60.8 Å². The summed E-state index contributed by atoms with van der Waals surface area (Å²) in [6.07, 6.45) is 0. The minimum atomic E-state index is 0. The van der Waals surface area contributed by atoms with Crippen molar-refractivity contribution in [2.75, 3.05) is 25.4 Å². The minimum absolute atomic E-state index is 0. The maximum absolute atomic E-state index is 5.36. The van der Waals surface area contributed by atoms with Gasteiger partial charge in [-0.1, -0.05) is 39.0 Å². The Kier molecular flexibility index (Phi) is 12.0. The molecule has 4 N–H and O–H groups in total. The number of nitrogens with zero attached hydrogens (tertiary/aromatic N) is 1. The first kappa shape index (κ1) is 16.4. The molecule has 0 unspecified atom stereocenters. The maximum Gasteiger partial charge on any atom is 0.0313 e. The van der Waals surface area contributed by atoms with Gasteiger partial charge >= 0.3 is 0 Å². The van der Waals surface area contributed by atoms with Gasteiger partial charge in [0.1, 0.15) is 0 Å². The first-order valence-corrected chi connectivity index (χ1v) is 5.27. The lowest BCUT2D eigenvalue weighted by Gasteiger charge is -2.13. The molecule has 0 aliphatic rings. The summed E-state index contributed by atoms with van der Waals surface area (Å²) >= 11 is 0. The summed E-state index contributed by atoms with van der Waals surface area (Å²) in [4.78, 5) is 2.38. The van der Waals surface area contributed by atoms with Crippen LogP contribution in [0.2, 0.25) is 0 Å². The van der Waals surface area contributed by atoms with E-state index in [0.29, 0.717) is 0 Å². The fourth-order valence-electron chi connectivity index (χ4n) is 1.12. The smallest absolute Gasteiger partial charge is 0.0313 e. The number of nitrogens with two attached hydrogens (primary N) is 1. The van der Waals surface area contributed by atoms with Crippen molar-refractivity contribution in [3.8, 4) is 0 Å². The highest BCUT2D eigenvalue weighted by Crippen LogP contribution is 1.95. The largest absolute Gasteiger partial charge is 0.412 e. The molecule has 1 aromatic carbocycles. The standard InChI is InChI=1S/C6H7N.C6H15N.H2O/c7-6-4-2-1-3-5-6;1-4-7(5-2)6-3;/h1-5H,7H2;4-6H2,1-3H3;1H2. The van der Waals surface area contributed by atoms with E-state index in [9.17, 15) is 0 Å². The lowest BCUT2D eigenvalue weighted by Crippen LogP contribution is -2.21. The average molecular weight is 212 g/mol. The Morgan fingerprint density at radius 1 is 0.933 bits per heavy atom. The van der Waals surface area contributed by atoms with Gasteiger partial charge in [0.05, 0.1) is 0 Å². The molecule has 3 nitrogen and oxygen atoms in total. The van der Waals surface area contributed by atoms with Gasteiger partial charge in [-0.2, -0.15) is 0 Å². The highest BCUT2D eigenvalue weighted by molar-refractivity contribution is 5.35. The summed E-state index contributed by atoms with van der Waals surface area (Å²) in [5.74, 6) is 0. The van der Waals surface area contributed by atoms with E-state index >= 15 is 0 Å². The van der Waals surface area contributed by atoms with Crippen molar-refractivity contribution in [1.82, 2.24) is 4.90 Å². The zero-order valence-corrected chi connectivity index (χ0v) is 10.0. The van der Waals surface area contributed by atoms with Gasteiger partial charge in [-0.25, -0.2) is 0 Å². The second kappa shape index (κ2) is 11.0. The predicted octanol–water partition coefficient (Wildman–Crippen LogP) is 1.79. The van der Waals surface area contributed by atoms with Crippen molar-refractivity contribution in [2.24, 2.45) is 0 Å². The lowest BCUT2D eigenvalue weighted by atomic mass is 10.3. The molecule has 1 aromatic rings. The van der Waals surface area contributed by atoms with Crippen LogP contribution in [0.3, 0.4) is 0 Å². The molecule has 0 atom stereocenters. The third-order valence-electron chi connectivity index (χ3n) is 2.14. The Hall–Kier alpha value is -1.06. The predicted molar refractivity (Wildman–Crippen MR) is 67.9 cm³/mol. The van der Waals surface area contributed by atoms with E-state index in [1.54, 1.807) is 0 Å². The van der Waals surface area contributed by atoms with Gasteiger partial charge in [0.25, 0.3) is 0 Å². The lowest BCUT2D eigenvalue weighted by molar-refractivity contribution is 0.321. The van der Waals surface area contributed by atoms with Crippen molar-refractivity contribution in [3.05, 3.63) is 30.3 Å². The number of benzene rings is 1. The molecule has 0 fully saturated rings. The highest BCUT2D eigenvalue weighted by atomic mass is 16.0. The molecule has 0 aliphatic carbocycles. The molecule has 0 bridgehead atoms. The van der Waals surface area contributed by atoms with Crippen LogP contribution in [-0.2, 0) is 0 Å². The van der Waals surface area contributed by atoms with Crippen LogP contribution < -0.4 is 5.73 Å². The van der Waals surface area contributed by atoms with Gasteiger partial charge in [0.2, 0.25) is 0 Å². The molecule has 0 saturated heterocycles. The SMILES string of the molecule is CCN(CC)CC.Nc1ccccc1.O. The summed E-state index contributed by atoms with van der Waals surface area (Å²) < 4.78 is 0. The van der Waals surface area contributed by atoms with Gasteiger partial charge < -0.3 is 16.1 Å². The van der Waals surface area contributed by atoms with Crippen LogP contribution in [0, 0.1) is 0 Å². The number of rotatable bonds is 3. The first-order valence-electron chi connectivity index (χ1n) is 5.27. The molecule has 0 saturated carbocycles. The quantitative estimate of drug-likeness (QED) is 0.776. The Morgan fingerprint density at radius 2 is 1.33 bits per heavy atom. The summed E-state index contributed by atoms with van der Waals surface area (Å²) in [6, 6.07) is 9.49. The molecule has 0 aromatic heterocycles. The van der Waals surface area contributed by atoms with E-state index in [1.807, 2.05) is 30.3 Å². The normalized spacial score (nSPS) is 8.80. The van der Waals surface area contributed by atoms with Crippen molar-refractivity contribution < 1.29 is 5.48 Å². The van der Waals surface area contributed by atoms with Crippen LogP contribution in [0.25, 0.3) is 0 Å². The molecule has 3 heteroatoms. The zero-order valence-electron chi connectivity index (χ0n) is 10.0. The highest BCUT2D eigenvalue weighted by Gasteiger charge is 1.89. The Balaban J connectivity index is 0. The van der Waals surface area contributed by atoms with E-state index in [4.69, 9.17) is 5.73 Å². The molecular weight excluding hydrogens is 188 g/mol. The van der Waals surface area contributed by atoms with Crippen LogP contribution >= 0.6 is 0 Å². The third kappa shape index (κ3) is 9.25. The van der Waals surface area contributed by atoms with Crippen LogP contribution in [0.4, 0.5) is 5.69 Å². The van der Waals surface area contributed by atoms with Crippen molar-refractivity contribution in [2.45, 2.75) is 20.8 Å². The molecule has 0 radical (unpaired) electrons. The Bertz CT molecular complexity index is 205. The molecule has 15 heavy (non-hydrogen) atoms. The van der Waals surface area contributed by atoms with E-state index in [2.05, 4.69) is 25.7 Å². The van der Waals surface area contributed by atoms with Gasteiger partial charge in [-0.3, -0.25) is 0 Å². The fraction of sp³-hybridized carbons (Fsp3) is 0.500. The molecule has 0 heterocycles. The molecule has 0 spiro atoms. The summed E-state index contributed by atoms with van der Waals surface area (Å²) in [7, 11) is 0. The van der Waals surface area contributed by atoms with E-state index in [1.165, 1.54) is 19.6 Å². The maximum atomic E-state index is 5.36. The Labute approximate surface area is 93.2 Å². The molecule has 0 amide bonds. The molecule has 0 aliphatic heterocycles. The first-order chi connectivity index (χ1) is 6.74. The number of para-hydroxylation sites is 1. The van der Waals surface area contributed by atoms with Gasteiger partial charge in [0, 0.05) is 5.69 Å². The zero-order chi connectivity index (χ0) is 10.8. The molecule has 1 rings (SSSR count). The van der Waals surface area contributed by atoms with Crippen molar-refractivity contribution >= 4 is 5.69 Å². The van der Waals surface area contributed by atoms with Crippen LogP contribution in [0.15, 0.2) is 30.3 Å². The van der Waals surface area contributed by atoms with Crippen molar-refractivity contribution in [1.29, 1.82) is 0 Å². The number of nitrogen functional groups attached to an aromatic ring is 1. The Morgan fingerprint density at radius 3 is 1.47 bits per heavy atom. The van der Waals surface area contributed by atoms with Gasteiger partial charge in [-0.15, -0.1) is 0 Å². The van der Waals surface area contributed by atoms with Crippen molar-refractivity contribution in [3.63, 3.8) is 0 Å².